The van der Waals surface area contributed by atoms with Gasteiger partial charge >= 0.3 is 0 Å². The summed E-state index contributed by atoms with van der Waals surface area (Å²) in [4.78, 5) is 11.2. The predicted octanol–water partition coefficient (Wildman–Crippen LogP) is 4.28. The first-order valence-corrected chi connectivity index (χ1v) is 7.00. The van der Waals surface area contributed by atoms with Gasteiger partial charge in [0.25, 0.3) is 0 Å². The van der Waals surface area contributed by atoms with Crippen molar-refractivity contribution in [3.63, 3.8) is 0 Å². The summed E-state index contributed by atoms with van der Waals surface area (Å²) < 4.78 is 0. The average Bonchev–Trinajstić information content (AvgIpc) is 2.50. The molecule has 1 aliphatic rings. The lowest BCUT2D eigenvalue weighted by atomic mass is 9.70. The number of alkyl halides is 1. The fourth-order valence-corrected chi connectivity index (χ4v) is 3.35. The molecule has 0 aromatic rings. The molecule has 0 aliphatic heterocycles. The number of rotatable bonds is 5. The van der Waals surface area contributed by atoms with Crippen molar-refractivity contribution in [1.82, 2.24) is 0 Å². The second-order valence-corrected chi connectivity index (χ2v) is 6.36. The van der Waals surface area contributed by atoms with Crippen LogP contribution in [0.15, 0.2) is 0 Å². The van der Waals surface area contributed by atoms with E-state index in [2.05, 4.69) is 27.7 Å². The van der Waals surface area contributed by atoms with Gasteiger partial charge in [-0.05, 0) is 42.4 Å². The van der Waals surface area contributed by atoms with Gasteiger partial charge in [0.15, 0.2) is 0 Å². The molecule has 1 nitrogen and oxygen atoms in total. The maximum absolute atomic E-state index is 11.2. The Labute approximate surface area is 105 Å². The maximum atomic E-state index is 11.2. The summed E-state index contributed by atoms with van der Waals surface area (Å²) in [6.07, 6.45) is 4.33. The SMILES string of the molecule is C[C@H](CCC(=O)CCl)[C@H]1CC[C@@H](C)C1(C)C. The van der Waals surface area contributed by atoms with Crippen molar-refractivity contribution in [2.45, 2.75) is 53.4 Å². The van der Waals surface area contributed by atoms with Crippen LogP contribution in [-0.2, 0) is 4.79 Å². The van der Waals surface area contributed by atoms with E-state index in [-0.39, 0.29) is 11.7 Å². The van der Waals surface area contributed by atoms with Gasteiger partial charge < -0.3 is 0 Å². The number of carbonyl (C=O) groups excluding carboxylic acids is 1. The third kappa shape index (κ3) is 3.00. The fraction of sp³-hybridized carbons (Fsp3) is 0.929. The van der Waals surface area contributed by atoms with E-state index in [9.17, 15) is 4.79 Å². The fourth-order valence-electron chi connectivity index (χ4n) is 3.21. The summed E-state index contributed by atoms with van der Waals surface area (Å²) in [5.74, 6) is 2.59. The van der Waals surface area contributed by atoms with Crippen molar-refractivity contribution in [3.8, 4) is 0 Å². The molecule has 2 heteroatoms. The van der Waals surface area contributed by atoms with Crippen LogP contribution in [0.5, 0.6) is 0 Å². The van der Waals surface area contributed by atoms with Crippen molar-refractivity contribution in [1.29, 1.82) is 0 Å². The Morgan fingerprint density at radius 2 is 2.06 bits per heavy atom. The van der Waals surface area contributed by atoms with E-state index in [0.717, 1.165) is 18.3 Å². The number of ketones is 1. The molecule has 1 fully saturated rings. The van der Waals surface area contributed by atoms with Gasteiger partial charge in [0.1, 0.15) is 5.78 Å². The van der Waals surface area contributed by atoms with Crippen LogP contribution in [0.3, 0.4) is 0 Å². The zero-order valence-corrected chi connectivity index (χ0v) is 11.8. The third-order valence-corrected chi connectivity index (χ3v) is 5.15. The second kappa shape index (κ2) is 5.53. The first kappa shape index (κ1) is 14.0. The van der Waals surface area contributed by atoms with Gasteiger partial charge in [-0.2, -0.15) is 0 Å². The van der Waals surface area contributed by atoms with Crippen LogP contribution < -0.4 is 0 Å². The molecule has 0 aromatic heterocycles. The zero-order chi connectivity index (χ0) is 12.3. The average molecular weight is 245 g/mol. The normalized spacial score (nSPS) is 30.3. The van der Waals surface area contributed by atoms with Gasteiger partial charge in [-0.1, -0.05) is 27.7 Å². The Bertz CT molecular complexity index is 247. The second-order valence-electron chi connectivity index (χ2n) is 6.09. The minimum absolute atomic E-state index is 0.178. The van der Waals surface area contributed by atoms with Crippen molar-refractivity contribution >= 4 is 17.4 Å². The molecule has 0 heterocycles. The molecule has 0 saturated heterocycles. The summed E-state index contributed by atoms with van der Waals surface area (Å²) in [6, 6.07) is 0. The summed E-state index contributed by atoms with van der Waals surface area (Å²) in [7, 11) is 0. The molecular weight excluding hydrogens is 220 g/mol. The lowest BCUT2D eigenvalue weighted by Gasteiger charge is -2.35. The molecule has 16 heavy (non-hydrogen) atoms. The van der Waals surface area contributed by atoms with E-state index in [0.29, 0.717) is 17.8 Å². The van der Waals surface area contributed by atoms with Crippen LogP contribution in [0.1, 0.15) is 53.4 Å². The first-order chi connectivity index (χ1) is 7.39. The van der Waals surface area contributed by atoms with E-state index in [4.69, 9.17) is 11.6 Å². The van der Waals surface area contributed by atoms with Gasteiger partial charge in [0.05, 0.1) is 5.88 Å². The monoisotopic (exact) mass is 244 g/mol. The van der Waals surface area contributed by atoms with E-state index >= 15 is 0 Å². The van der Waals surface area contributed by atoms with E-state index in [1.165, 1.54) is 12.8 Å². The minimum Gasteiger partial charge on any atom is -0.298 e. The van der Waals surface area contributed by atoms with E-state index in [1.807, 2.05) is 0 Å². The van der Waals surface area contributed by atoms with Crippen molar-refractivity contribution in [2.24, 2.45) is 23.2 Å². The van der Waals surface area contributed by atoms with Crippen LogP contribution >= 0.6 is 11.6 Å². The van der Waals surface area contributed by atoms with Crippen molar-refractivity contribution in [2.75, 3.05) is 5.88 Å². The van der Waals surface area contributed by atoms with Gasteiger partial charge in [0.2, 0.25) is 0 Å². The lowest BCUT2D eigenvalue weighted by Crippen LogP contribution is -2.28. The number of hydrogen-bond donors (Lipinski definition) is 0. The van der Waals surface area contributed by atoms with E-state index in [1.54, 1.807) is 0 Å². The molecule has 0 bridgehead atoms. The summed E-state index contributed by atoms with van der Waals surface area (Å²) >= 11 is 5.52. The van der Waals surface area contributed by atoms with Crippen LogP contribution in [-0.4, -0.2) is 11.7 Å². The molecule has 0 unspecified atom stereocenters. The highest BCUT2D eigenvalue weighted by molar-refractivity contribution is 6.27. The molecule has 94 valence electrons. The topological polar surface area (TPSA) is 17.1 Å². The lowest BCUT2D eigenvalue weighted by molar-refractivity contribution is -0.117. The zero-order valence-electron chi connectivity index (χ0n) is 11.1. The quantitative estimate of drug-likeness (QED) is 0.660. The van der Waals surface area contributed by atoms with Gasteiger partial charge in [0, 0.05) is 6.42 Å². The van der Waals surface area contributed by atoms with Crippen LogP contribution in [0.2, 0.25) is 0 Å². The highest BCUT2D eigenvalue weighted by Crippen LogP contribution is 2.51. The molecular formula is C14H25ClO. The first-order valence-electron chi connectivity index (χ1n) is 6.47. The van der Waals surface area contributed by atoms with Gasteiger partial charge in [-0.25, -0.2) is 0 Å². The molecule has 0 amide bonds. The maximum Gasteiger partial charge on any atom is 0.147 e. The standard InChI is InChI=1S/C14H25ClO/c1-10(5-7-12(16)9-15)13-8-6-11(2)14(13,3)4/h10-11,13H,5-9H2,1-4H3/t10-,11-,13-/m1/s1. The van der Waals surface area contributed by atoms with Gasteiger partial charge in [-0.15, -0.1) is 11.6 Å². The minimum atomic E-state index is 0.178. The van der Waals surface area contributed by atoms with Crippen molar-refractivity contribution in [3.05, 3.63) is 0 Å². The summed E-state index contributed by atoms with van der Waals surface area (Å²) in [5.41, 5.74) is 0.434. The highest BCUT2D eigenvalue weighted by atomic mass is 35.5. The Balaban J connectivity index is 2.48. The molecule has 1 aliphatic carbocycles. The van der Waals surface area contributed by atoms with Crippen LogP contribution in [0.25, 0.3) is 0 Å². The van der Waals surface area contributed by atoms with Gasteiger partial charge in [-0.3, -0.25) is 4.79 Å². The molecule has 1 saturated carbocycles. The van der Waals surface area contributed by atoms with Crippen molar-refractivity contribution < 1.29 is 4.79 Å². The highest BCUT2D eigenvalue weighted by Gasteiger charge is 2.42. The van der Waals surface area contributed by atoms with Crippen LogP contribution in [0.4, 0.5) is 0 Å². The largest absolute Gasteiger partial charge is 0.298 e. The number of halogens is 1. The molecule has 3 atom stereocenters. The molecule has 0 spiro atoms. The molecule has 0 aromatic carbocycles. The predicted molar refractivity (Wildman–Crippen MR) is 69.8 cm³/mol. The molecule has 0 N–H and O–H groups in total. The number of Topliss-reactive ketones (excluding diaryl/α,β-unsaturated/α-hetero) is 1. The summed E-state index contributed by atoms with van der Waals surface area (Å²) in [6.45, 7) is 9.42. The number of hydrogen-bond acceptors (Lipinski definition) is 1. The smallest absolute Gasteiger partial charge is 0.147 e. The Hall–Kier alpha value is -0.0400. The number of carbonyl (C=O) groups is 1. The Morgan fingerprint density at radius 1 is 1.44 bits per heavy atom. The Kier molecular flexibility index (Phi) is 4.85. The summed E-state index contributed by atoms with van der Waals surface area (Å²) in [5, 5.41) is 0. The molecule has 1 rings (SSSR count). The molecule has 0 radical (unpaired) electrons. The Morgan fingerprint density at radius 3 is 2.50 bits per heavy atom. The van der Waals surface area contributed by atoms with E-state index < -0.39 is 0 Å². The van der Waals surface area contributed by atoms with Crippen LogP contribution in [0, 0.1) is 23.2 Å². The third-order valence-electron chi connectivity index (χ3n) is 4.85.